The van der Waals surface area contributed by atoms with Crippen LogP contribution in [0.15, 0.2) is 42.7 Å². The molecule has 2 aliphatic rings. The van der Waals surface area contributed by atoms with Gasteiger partial charge in [0.2, 0.25) is 11.8 Å². The Bertz CT molecular complexity index is 752. The molecule has 2 aromatic rings. The molecule has 0 saturated carbocycles. The lowest BCUT2D eigenvalue weighted by atomic mass is 9.81. The zero-order valence-corrected chi connectivity index (χ0v) is 14.8. The average molecular weight is 352 g/mol. The molecule has 0 radical (unpaired) electrons. The van der Waals surface area contributed by atoms with E-state index in [1.54, 1.807) is 6.20 Å². The average Bonchev–Trinajstić information content (AvgIpc) is 2.66. The smallest absolute Gasteiger partial charge is 0.237 e. The van der Waals surface area contributed by atoms with E-state index >= 15 is 0 Å². The van der Waals surface area contributed by atoms with Crippen LogP contribution in [0.3, 0.4) is 0 Å². The maximum Gasteiger partial charge on any atom is 0.237 e. The van der Waals surface area contributed by atoms with Gasteiger partial charge in [0.25, 0.3) is 0 Å². The Morgan fingerprint density at radius 2 is 2.04 bits per heavy atom. The number of fused-ring (bicyclic) bond motifs is 2. The number of nitrogens with one attached hydrogen (secondary N) is 1. The minimum Gasteiger partial charge on any atom is -0.476 e. The van der Waals surface area contributed by atoms with Crippen LogP contribution in [0.4, 0.5) is 5.69 Å². The Balaban J connectivity index is 1.44. The number of ether oxygens (including phenoxy) is 1. The number of piperidine rings is 1. The lowest BCUT2D eigenvalue weighted by molar-refractivity contribution is -0.118. The molecule has 0 unspecified atom stereocenters. The summed E-state index contributed by atoms with van der Waals surface area (Å²) in [5.41, 5.74) is 1.77. The van der Waals surface area contributed by atoms with E-state index in [0.717, 1.165) is 38.2 Å². The van der Waals surface area contributed by atoms with Crippen LogP contribution >= 0.6 is 0 Å². The summed E-state index contributed by atoms with van der Waals surface area (Å²) in [5, 5.41) is 2.96. The Morgan fingerprint density at radius 3 is 2.92 bits per heavy atom. The summed E-state index contributed by atoms with van der Waals surface area (Å²) >= 11 is 0. The summed E-state index contributed by atoms with van der Waals surface area (Å²) in [4.78, 5) is 23.6. The van der Waals surface area contributed by atoms with Gasteiger partial charge in [0.15, 0.2) is 0 Å². The van der Waals surface area contributed by atoms with Crippen LogP contribution in [0, 0.1) is 11.8 Å². The number of anilines is 1. The molecule has 6 nitrogen and oxygen atoms in total. The van der Waals surface area contributed by atoms with Crippen molar-refractivity contribution < 1.29 is 9.53 Å². The van der Waals surface area contributed by atoms with E-state index in [9.17, 15) is 4.79 Å². The predicted molar refractivity (Wildman–Crippen MR) is 98.7 cm³/mol. The molecule has 136 valence electrons. The van der Waals surface area contributed by atoms with Gasteiger partial charge in [0.05, 0.1) is 12.3 Å². The molecule has 0 spiro atoms. The number of hydrogen-bond acceptors (Lipinski definition) is 5. The molecular weight excluding hydrogens is 328 g/mol. The highest BCUT2D eigenvalue weighted by Crippen LogP contribution is 2.32. The molecule has 4 heterocycles. The first-order valence-corrected chi connectivity index (χ1v) is 9.28. The molecule has 2 aromatic heterocycles. The van der Waals surface area contributed by atoms with Gasteiger partial charge in [-0.2, -0.15) is 0 Å². The van der Waals surface area contributed by atoms with Gasteiger partial charge in [0, 0.05) is 31.9 Å². The summed E-state index contributed by atoms with van der Waals surface area (Å²) in [6.45, 7) is 3.47. The van der Waals surface area contributed by atoms with Crippen LogP contribution in [-0.4, -0.2) is 40.5 Å². The maximum atomic E-state index is 12.5. The second-order valence-corrected chi connectivity index (χ2v) is 7.11. The summed E-state index contributed by atoms with van der Waals surface area (Å²) in [6, 6.07) is 9.69. The van der Waals surface area contributed by atoms with E-state index in [2.05, 4.69) is 26.3 Å². The van der Waals surface area contributed by atoms with Gasteiger partial charge in [-0.1, -0.05) is 6.07 Å². The van der Waals surface area contributed by atoms with Crippen molar-refractivity contribution in [2.75, 3.05) is 25.0 Å². The third kappa shape index (κ3) is 4.02. The van der Waals surface area contributed by atoms with Crippen LogP contribution in [0.25, 0.3) is 0 Å². The van der Waals surface area contributed by atoms with Crippen LogP contribution < -0.4 is 10.1 Å². The van der Waals surface area contributed by atoms with E-state index in [1.807, 2.05) is 30.5 Å². The second-order valence-electron chi connectivity index (χ2n) is 7.11. The Hall–Kier alpha value is -2.47. The number of amides is 1. The zero-order chi connectivity index (χ0) is 17.8. The highest BCUT2D eigenvalue weighted by molar-refractivity contribution is 5.92. The number of hydrogen-bond donors (Lipinski definition) is 1. The van der Waals surface area contributed by atoms with Crippen molar-refractivity contribution >= 4 is 11.6 Å². The number of carbonyl (C=O) groups is 1. The molecule has 26 heavy (non-hydrogen) atoms. The number of carbonyl (C=O) groups excluding carboxylic acids is 1. The molecule has 1 saturated heterocycles. The summed E-state index contributed by atoms with van der Waals surface area (Å²) in [5.74, 6) is 1.42. The van der Waals surface area contributed by atoms with Crippen molar-refractivity contribution in [3.8, 4) is 5.88 Å². The van der Waals surface area contributed by atoms with Crippen LogP contribution in [0.1, 0.15) is 25.0 Å². The summed E-state index contributed by atoms with van der Waals surface area (Å²) in [6.07, 6.45) is 6.07. The highest BCUT2D eigenvalue weighted by atomic mass is 16.5. The molecule has 1 fully saturated rings. The molecule has 4 rings (SSSR count). The number of rotatable bonds is 2. The third-order valence-corrected chi connectivity index (χ3v) is 5.31. The van der Waals surface area contributed by atoms with Crippen molar-refractivity contribution in [1.29, 1.82) is 0 Å². The van der Waals surface area contributed by atoms with Gasteiger partial charge in [-0.25, -0.2) is 4.98 Å². The van der Waals surface area contributed by atoms with Gasteiger partial charge < -0.3 is 10.1 Å². The minimum absolute atomic E-state index is 0.0536. The Kier molecular flexibility index (Phi) is 5.11. The van der Waals surface area contributed by atoms with E-state index in [4.69, 9.17) is 4.74 Å². The van der Waals surface area contributed by atoms with E-state index in [-0.39, 0.29) is 5.91 Å². The largest absolute Gasteiger partial charge is 0.476 e. The fraction of sp³-hybridized carbons (Fsp3) is 0.450. The monoisotopic (exact) mass is 352 g/mol. The van der Waals surface area contributed by atoms with Crippen molar-refractivity contribution in [2.24, 2.45) is 11.8 Å². The Morgan fingerprint density at radius 1 is 1.12 bits per heavy atom. The van der Waals surface area contributed by atoms with Gasteiger partial charge in [-0.3, -0.25) is 14.7 Å². The van der Waals surface area contributed by atoms with Gasteiger partial charge in [-0.05, 0) is 55.5 Å². The van der Waals surface area contributed by atoms with Crippen LogP contribution in [0.2, 0.25) is 0 Å². The molecular formula is C20H24N4O2. The van der Waals surface area contributed by atoms with E-state index in [0.29, 0.717) is 36.4 Å². The Labute approximate surface area is 153 Å². The molecule has 0 bridgehead atoms. The first kappa shape index (κ1) is 17.0. The summed E-state index contributed by atoms with van der Waals surface area (Å²) in [7, 11) is 0. The van der Waals surface area contributed by atoms with Crippen molar-refractivity contribution in [2.45, 2.75) is 25.8 Å². The SMILES string of the molecule is O=C1C[C@@H]2CCN(Cc3ccccn3)C[C@@H]2CCOc2ncccc2N1. The van der Waals surface area contributed by atoms with Crippen LogP contribution in [0.5, 0.6) is 5.88 Å². The summed E-state index contributed by atoms with van der Waals surface area (Å²) < 4.78 is 5.86. The molecule has 1 amide bonds. The topological polar surface area (TPSA) is 67.4 Å². The lowest BCUT2D eigenvalue weighted by Gasteiger charge is -2.38. The van der Waals surface area contributed by atoms with E-state index < -0.39 is 0 Å². The molecule has 1 N–H and O–H groups in total. The quantitative estimate of drug-likeness (QED) is 0.900. The van der Waals surface area contributed by atoms with Gasteiger partial charge in [0.1, 0.15) is 5.69 Å². The van der Waals surface area contributed by atoms with Crippen molar-refractivity contribution in [1.82, 2.24) is 14.9 Å². The van der Waals surface area contributed by atoms with Crippen LogP contribution in [-0.2, 0) is 11.3 Å². The predicted octanol–water partition coefficient (Wildman–Crippen LogP) is 2.73. The molecule has 2 atom stereocenters. The highest BCUT2D eigenvalue weighted by Gasteiger charge is 2.31. The van der Waals surface area contributed by atoms with Gasteiger partial charge in [-0.15, -0.1) is 0 Å². The standard InChI is InChI=1S/C20H24N4O2/c25-19-12-15-6-10-24(14-17-4-1-2-8-21-17)13-16(15)7-11-26-20-18(23-19)5-3-9-22-20/h1-5,8-9,15-16H,6-7,10-14H2,(H,23,25)/t15-,16-/m0/s1. The maximum absolute atomic E-state index is 12.5. The number of pyridine rings is 2. The minimum atomic E-state index is 0.0536. The zero-order valence-electron chi connectivity index (χ0n) is 14.8. The first-order chi connectivity index (χ1) is 12.8. The fourth-order valence-electron chi connectivity index (χ4n) is 3.96. The molecule has 0 aliphatic carbocycles. The molecule has 2 aliphatic heterocycles. The van der Waals surface area contributed by atoms with Crippen molar-refractivity contribution in [3.05, 3.63) is 48.4 Å². The fourth-order valence-corrected chi connectivity index (χ4v) is 3.96. The number of nitrogens with zero attached hydrogens (tertiary/aromatic N) is 3. The van der Waals surface area contributed by atoms with E-state index in [1.165, 1.54) is 0 Å². The van der Waals surface area contributed by atoms with Gasteiger partial charge >= 0.3 is 0 Å². The lowest BCUT2D eigenvalue weighted by Crippen LogP contribution is -2.42. The van der Waals surface area contributed by atoms with Crippen molar-refractivity contribution in [3.63, 3.8) is 0 Å². The normalized spacial score (nSPS) is 23.9. The third-order valence-electron chi connectivity index (χ3n) is 5.31. The number of likely N-dealkylation sites (tertiary alicyclic amines) is 1. The first-order valence-electron chi connectivity index (χ1n) is 9.28. The molecule has 6 heteroatoms. The second kappa shape index (κ2) is 7.83. The number of aromatic nitrogens is 2. The molecule has 0 aromatic carbocycles.